The summed E-state index contributed by atoms with van der Waals surface area (Å²) in [7, 11) is 0. The van der Waals surface area contributed by atoms with Crippen molar-refractivity contribution >= 4 is 0 Å². The quantitative estimate of drug-likeness (QED) is 0.785. The van der Waals surface area contributed by atoms with E-state index in [1.807, 2.05) is 0 Å². The second kappa shape index (κ2) is 4.77. The van der Waals surface area contributed by atoms with Gasteiger partial charge in [0.05, 0.1) is 0 Å². The maximum Gasteiger partial charge on any atom is 0.0347 e. The van der Waals surface area contributed by atoms with E-state index in [0.29, 0.717) is 5.92 Å². The van der Waals surface area contributed by atoms with Gasteiger partial charge in [-0.25, -0.2) is 0 Å². The van der Waals surface area contributed by atoms with Gasteiger partial charge in [0.15, 0.2) is 0 Å². The highest BCUT2D eigenvalue weighted by Gasteiger charge is 2.24. The predicted molar refractivity (Wildman–Crippen MR) is 63.7 cm³/mol. The molecule has 0 aliphatic carbocycles. The number of hydrogen-bond acceptors (Lipinski definition) is 2. The SMILES string of the molecule is CCCc1ccc(C(N)C2CNC2)cc1. The van der Waals surface area contributed by atoms with Crippen LogP contribution < -0.4 is 11.1 Å². The van der Waals surface area contributed by atoms with Crippen LogP contribution in [0.2, 0.25) is 0 Å². The Kier molecular flexibility index (Phi) is 3.39. The van der Waals surface area contributed by atoms with E-state index in [1.54, 1.807) is 0 Å². The van der Waals surface area contributed by atoms with Crippen LogP contribution in [0.5, 0.6) is 0 Å². The number of hydrogen-bond donors (Lipinski definition) is 2. The number of rotatable bonds is 4. The molecule has 1 heterocycles. The van der Waals surface area contributed by atoms with Gasteiger partial charge in [-0.05, 0) is 17.5 Å². The molecule has 0 bridgehead atoms. The van der Waals surface area contributed by atoms with Crippen LogP contribution >= 0.6 is 0 Å². The zero-order valence-corrected chi connectivity index (χ0v) is 9.37. The summed E-state index contributed by atoms with van der Waals surface area (Å²) in [6.07, 6.45) is 2.37. The summed E-state index contributed by atoms with van der Waals surface area (Å²) >= 11 is 0. The molecule has 0 saturated carbocycles. The molecular formula is C13H20N2. The van der Waals surface area contributed by atoms with E-state index in [1.165, 1.54) is 24.0 Å². The van der Waals surface area contributed by atoms with Crippen molar-refractivity contribution in [3.05, 3.63) is 35.4 Å². The van der Waals surface area contributed by atoms with Gasteiger partial charge in [0.1, 0.15) is 0 Å². The van der Waals surface area contributed by atoms with E-state index in [-0.39, 0.29) is 6.04 Å². The van der Waals surface area contributed by atoms with Crippen molar-refractivity contribution < 1.29 is 0 Å². The Morgan fingerprint density at radius 1 is 1.33 bits per heavy atom. The highest BCUT2D eigenvalue weighted by molar-refractivity contribution is 5.26. The first-order chi connectivity index (χ1) is 7.31. The van der Waals surface area contributed by atoms with Crippen LogP contribution in [0, 0.1) is 5.92 Å². The average molecular weight is 204 g/mol. The Morgan fingerprint density at radius 3 is 2.47 bits per heavy atom. The van der Waals surface area contributed by atoms with Crippen molar-refractivity contribution in [2.24, 2.45) is 11.7 Å². The summed E-state index contributed by atoms with van der Waals surface area (Å²) in [4.78, 5) is 0. The van der Waals surface area contributed by atoms with Crippen LogP contribution in [0.4, 0.5) is 0 Å². The summed E-state index contributed by atoms with van der Waals surface area (Å²) in [5.74, 6) is 0.627. The minimum Gasteiger partial charge on any atom is -0.324 e. The summed E-state index contributed by atoms with van der Waals surface area (Å²) in [5, 5.41) is 3.26. The molecule has 0 aromatic heterocycles. The second-order valence-corrected chi connectivity index (χ2v) is 4.44. The van der Waals surface area contributed by atoms with E-state index in [9.17, 15) is 0 Å². The van der Waals surface area contributed by atoms with Crippen molar-refractivity contribution in [1.82, 2.24) is 5.32 Å². The number of benzene rings is 1. The Hall–Kier alpha value is -0.860. The first kappa shape index (κ1) is 10.7. The normalized spacial score (nSPS) is 18.5. The molecule has 0 spiro atoms. The van der Waals surface area contributed by atoms with E-state index in [0.717, 1.165) is 13.1 Å². The van der Waals surface area contributed by atoms with Crippen molar-refractivity contribution in [3.63, 3.8) is 0 Å². The lowest BCUT2D eigenvalue weighted by Gasteiger charge is -2.32. The van der Waals surface area contributed by atoms with Crippen LogP contribution in [0.3, 0.4) is 0 Å². The van der Waals surface area contributed by atoms with Gasteiger partial charge >= 0.3 is 0 Å². The third-order valence-corrected chi connectivity index (χ3v) is 3.22. The zero-order valence-electron chi connectivity index (χ0n) is 9.37. The van der Waals surface area contributed by atoms with Gasteiger partial charge in [0.25, 0.3) is 0 Å². The van der Waals surface area contributed by atoms with Crippen LogP contribution in [0.25, 0.3) is 0 Å². The third kappa shape index (κ3) is 2.39. The van der Waals surface area contributed by atoms with E-state index in [2.05, 4.69) is 36.5 Å². The standard InChI is InChI=1S/C13H20N2/c1-2-3-10-4-6-11(7-5-10)13(14)12-8-15-9-12/h4-7,12-13,15H,2-3,8-9,14H2,1H3. The highest BCUT2D eigenvalue weighted by atomic mass is 15.0. The predicted octanol–water partition coefficient (Wildman–Crippen LogP) is 1.86. The Bertz CT molecular complexity index is 301. The molecule has 1 unspecified atom stereocenters. The largest absolute Gasteiger partial charge is 0.324 e. The van der Waals surface area contributed by atoms with Crippen LogP contribution in [0.15, 0.2) is 24.3 Å². The second-order valence-electron chi connectivity index (χ2n) is 4.44. The summed E-state index contributed by atoms with van der Waals surface area (Å²) < 4.78 is 0. The lowest BCUT2D eigenvalue weighted by molar-refractivity contribution is 0.295. The number of aryl methyl sites for hydroxylation is 1. The van der Waals surface area contributed by atoms with Gasteiger partial charge in [-0.2, -0.15) is 0 Å². The van der Waals surface area contributed by atoms with Crippen LogP contribution in [-0.4, -0.2) is 13.1 Å². The van der Waals surface area contributed by atoms with Crippen molar-refractivity contribution in [1.29, 1.82) is 0 Å². The van der Waals surface area contributed by atoms with Crippen molar-refractivity contribution in [3.8, 4) is 0 Å². The first-order valence-corrected chi connectivity index (χ1v) is 5.86. The molecule has 0 radical (unpaired) electrons. The molecule has 2 nitrogen and oxygen atoms in total. The molecule has 2 heteroatoms. The molecule has 3 N–H and O–H groups in total. The van der Waals surface area contributed by atoms with Crippen molar-refractivity contribution in [2.75, 3.05) is 13.1 Å². The number of nitrogens with one attached hydrogen (secondary N) is 1. The minimum absolute atomic E-state index is 0.210. The molecule has 1 aromatic carbocycles. The van der Waals surface area contributed by atoms with Crippen molar-refractivity contribution in [2.45, 2.75) is 25.8 Å². The van der Waals surface area contributed by atoms with Crippen LogP contribution in [-0.2, 0) is 6.42 Å². The van der Waals surface area contributed by atoms with Gasteiger partial charge in [-0.15, -0.1) is 0 Å². The summed E-state index contributed by atoms with van der Waals surface area (Å²) in [5.41, 5.74) is 8.88. The Labute approximate surface area is 91.9 Å². The maximum absolute atomic E-state index is 6.18. The smallest absolute Gasteiger partial charge is 0.0347 e. The molecule has 82 valence electrons. The van der Waals surface area contributed by atoms with Gasteiger partial charge < -0.3 is 11.1 Å². The molecule has 0 amide bonds. The fourth-order valence-electron chi connectivity index (χ4n) is 2.03. The first-order valence-electron chi connectivity index (χ1n) is 5.86. The van der Waals surface area contributed by atoms with Gasteiger partial charge in [-0.1, -0.05) is 37.6 Å². The fourth-order valence-corrected chi connectivity index (χ4v) is 2.03. The lowest BCUT2D eigenvalue weighted by atomic mass is 9.89. The molecule has 1 fully saturated rings. The molecule has 15 heavy (non-hydrogen) atoms. The Morgan fingerprint density at radius 2 is 2.00 bits per heavy atom. The maximum atomic E-state index is 6.18. The van der Waals surface area contributed by atoms with E-state index >= 15 is 0 Å². The number of nitrogens with two attached hydrogens (primary N) is 1. The monoisotopic (exact) mass is 204 g/mol. The molecular weight excluding hydrogens is 184 g/mol. The topological polar surface area (TPSA) is 38.0 Å². The van der Waals surface area contributed by atoms with Gasteiger partial charge in [-0.3, -0.25) is 0 Å². The summed E-state index contributed by atoms with van der Waals surface area (Å²) in [6, 6.07) is 9.01. The molecule has 1 aromatic rings. The van der Waals surface area contributed by atoms with Gasteiger partial charge in [0.2, 0.25) is 0 Å². The van der Waals surface area contributed by atoms with E-state index in [4.69, 9.17) is 5.73 Å². The fraction of sp³-hybridized carbons (Fsp3) is 0.538. The van der Waals surface area contributed by atoms with Gasteiger partial charge in [0, 0.05) is 25.0 Å². The van der Waals surface area contributed by atoms with Crippen LogP contribution in [0.1, 0.15) is 30.5 Å². The molecule has 1 atom stereocenters. The molecule has 2 rings (SSSR count). The zero-order chi connectivity index (χ0) is 10.7. The molecule has 1 saturated heterocycles. The highest BCUT2D eigenvalue weighted by Crippen LogP contribution is 2.22. The average Bonchev–Trinajstić information content (AvgIpc) is 2.16. The van der Waals surface area contributed by atoms with E-state index < -0.39 is 0 Å². The molecule has 1 aliphatic heterocycles. The Balaban J connectivity index is 2.02. The minimum atomic E-state index is 0.210. The lowest BCUT2D eigenvalue weighted by Crippen LogP contribution is -2.47. The molecule has 1 aliphatic rings. The third-order valence-electron chi connectivity index (χ3n) is 3.22. The summed E-state index contributed by atoms with van der Waals surface area (Å²) in [6.45, 7) is 4.34.